The van der Waals surface area contributed by atoms with E-state index in [1.165, 1.54) is 0 Å². The SMILES string of the molecule is CC1(C)OB(c2cnc(OC[C@@H]3CCCO3)nc2)OC1(C)C. The second-order valence-corrected chi connectivity index (χ2v) is 6.83. The van der Waals surface area contributed by atoms with Crippen LogP contribution in [0.15, 0.2) is 12.4 Å². The second kappa shape index (κ2) is 5.79. The van der Waals surface area contributed by atoms with E-state index in [1.54, 1.807) is 12.4 Å². The van der Waals surface area contributed by atoms with Crippen LogP contribution in [0.3, 0.4) is 0 Å². The third kappa shape index (κ3) is 3.11. The van der Waals surface area contributed by atoms with E-state index >= 15 is 0 Å². The molecule has 0 spiro atoms. The maximum Gasteiger partial charge on any atom is 0.498 e. The predicted molar refractivity (Wildman–Crippen MR) is 82.2 cm³/mol. The summed E-state index contributed by atoms with van der Waals surface area (Å²) in [6.07, 6.45) is 5.67. The Morgan fingerprint density at radius 1 is 1.18 bits per heavy atom. The molecule has 0 bridgehead atoms. The minimum Gasteiger partial charge on any atom is -0.461 e. The Morgan fingerprint density at radius 2 is 1.82 bits per heavy atom. The van der Waals surface area contributed by atoms with E-state index in [4.69, 9.17) is 18.8 Å². The molecule has 2 aliphatic heterocycles. The lowest BCUT2D eigenvalue weighted by Crippen LogP contribution is -2.41. The van der Waals surface area contributed by atoms with Crippen molar-refractivity contribution in [1.82, 2.24) is 9.97 Å². The van der Waals surface area contributed by atoms with Crippen molar-refractivity contribution in [2.45, 2.75) is 57.8 Å². The molecule has 0 amide bonds. The van der Waals surface area contributed by atoms with E-state index in [0.717, 1.165) is 24.9 Å². The Hall–Kier alpha value is -1.18. The minimum atomic E-state index is -0.447. The molecule has 0 aliphatic carbocycles. The van der Waals surface area contributed by atoms with Crippen molar-refractivity contribution in [2.75, 3.05) is 13.2 Å². The molecule has 2 saturated heterocycles. The van der Waals surface area contributed by atoms with E-state index in [-0.39, 0.29) is 17.3 Å². The molecular weight excluding hydrogens is 283 g/mol. The van der Waals surface area contributed by atoms with E-state index in [9.17, 15) is 0 Å². The zero-order chi connectivity index (χ0) is 15.8. The number of rotatable bonds is 4. The first-order valence-corrected chi connectivity index (χ1v) is 7.79. The van der Waals surface area contributed by atoms with Crippen LogP contribution in [0.25, 0.3) is 0 Å². The molecule has 2 aliphatic rings. The molecule has 1 aromatic heterocycles. The van der Waals surface area contributed by atoms with E-state index in [2.05, 4.69) is 9.97 Å². The third-order valence-electron chi connectivity index (χ3n) is 4.60. The van der Waals surface area contributed by atoms with Gasteiger partial charge in [-0.1, -0.05) is 0 Å². The van der Waals surface area contributed by atoms with Gasteiger partial charge in [0.15, 0.2) is 0 Å². The summed E-state index contributed by atoms with van der Waals surface area (Å²) in [5.41, 5.74) is 0.0577. The normalized spacial score (nSPS) is 26.4. The van der Waals surface area contributed by atoms with Crippen molar-refractivity contribution in [1.29, 1.82) is 0 Å². The second-order valence-electron chi connectivity index (χ2n) is 6.83. The van der Waals surface area contributed by atoms with Crippen molar-refractivity contribution in [3.05, 3.63) is 12.4 Å². The third-order valence-corrected chi connectivity index (χ3v) is 4.60. The van der Waals surface area contributed by atoms with Crippen LogP contribution in [-0.4, -0.2) is 47.6 Å². The maximum absolute atomic E-state index is 5.97. The molecule has 22 heavy (non-hydrogen) atoms. The fraction of sp³-hybridized carbons (Fsp3) is 0.733. The molecule has 3 rings (SSSR count). The van der Waals surface area contributed by atoms with Crippen LogP contribution in [0.2, 0.25) is 0 Å². The quantitative estimate of drug-likeness (QED) is 0.782. The van der Waals surface area contributed by atoms with Crippen molar-refractivity contribution < 1.29 is 18.8 Å². The first-order chi connectivity index (χ1) is 10.4. The topological polar surface area (TPSA) is 62.7 Å². The first-order valence-electron chi connectivity index (χ1n) is 7.79. The number of aromatic nitrogens is 2. The van der Waals surface area contributed by atoms with E-state index in [1.807, 2.05) is 27.7 Å². The summed E-state index contributed by atoms with van der Waals surface area (Å²) >= 11 is 0. The van der Waals surface area contributed by atoms with Gasteiger partial charge in [-0.05, 0) is 40.5 Å². The highest BCUT2D eigenvalue weighted by atomic mass is 16.7. The molecule has 7 heteroatoms. The van der Waals surface area contributed by atoms with Crippen LogP contribution in [0.5, 0.6) is 6.01 Å². The van der Waals surface area contributed by atoms with Crippen molar-refractivity contribution in [2.24, 2.45) is 0 Å². The summed E-state index contributed by atoms with van der Waals surface area (Å²) in [7, 11) is -0.447. The average Bonchev–Trinajstić information content (AvgIpc) is 3.04. The van der Waals surface area contributed by atoms with Crippen molar-refractivity contribution in [3.63, 3.8) is 0 Å². The van der Waals surface area contributed by atoms with Crippen LogP contribution in [0.4, 0.5) is 0 Å². The molecule has 1 aromatic rings. The molecular formula is C15H23BN2O4. The molecule has 2 fully saturated rings. The average molecular weight is 306 g/mol. The van der Waals surface area contributed by atoms with Gasteiger partial charge in [0.25, 0.3) is 0 Å². The van der Waals surface area contributed by atoms with Gasteiger partial charge in [0, 0.05) is 24.5 Å². The fourth-order valence-electron chi connectivity index (χ4n) is 2.44. The molecule has 6 nitrogen and oxygen atoms in total. The van der Waals surface area contributed by atoms with Gasteiger partial charge in [-0.25, -0.2) is 9.97 Å². The minimum absolute atomic E-state index is 0.159. The Bertz CT molecular complexity index is 499. The molecule has 1 atom stereocenters. The van der Waals surface area contributed by atoms with Gasteiger partial charge >= 0.3 is 13.1 Å². The summed E-state index contributed by atoms with van der Waals surface area (Å²) in [5.74, 6) is 0. The Balaban J connectivity index is 1.60. The standard InChI is InChI=1S/C15H23BN2O4/c1-14(2)15(3,4)22-16(21-14)11-8-17-13(18-9-11)20-10-12-6-5-7-19-12/h8-9,12H,5-7,10H2,1-4H3/t12-/m0/s1. The van der Waals surface area contributed by atoms with Gasteiger partial charge in [-0.2, -0.15) is 0 Å². The van der Waals surface area contributed by atoms with Gasteiger partial charge in [-0.15, -0.1) is 0 Å². The van der Waals surface area contributed by atoms with Crippen LogP contribution in [-0.2, 0) is 14.0 Å². The zero-order valence-corrected chi connectivity index (χ0v) is 13.7. The van der Waals surface area contributed by atoms with Crippen LogP contribution in [0.1, 0.15) is 40.5 Å². The Kier molecular flexibility index (Phi) is 4.14. The van der Waals surface area contributed by atoms with Crippen LogP contribution in [0, 0.1) is 0 Å². The summed E-state index contributed by atoms with van der Waals surface area (Å²) < 4.78 is 23.0. The number of ether oxygens (including phenoxy) is 2. The fourth-order valence-corrected chi connectivity index (χ4v) is 2.44. The highest BCUT2D eigenvalue weighted by Gasteiger charge is 2.51. The lowest BCUT2D eigenvalue weighted by atomic mass is 9.81. The lowest BCUT2D eigenvalue weighted by Gasteiger charge is -2.32. The largest absolute Gasteiger partial charge is 0.498 e. The molecule has 0 N–H and O–H groups in total. The molecule has 0 unspecified atom stereocenters. The van der Waals surface area contributed by atoms with Gasteiger partial charge in [0.1, 0.15) is 6.61 Å². The molecule has 3 heterocycles. The van der Waals surface area contributed by atoms with Gasteiger partial charge in [0.2, 0.25) is 0 Å². The molecule has 0 radical (unpaired) electrons. The lowest BCUT2D eigenvalue weighted by molar-refractivity contribution is 0.00578. The number of hydrogen-bond donors (Lipinski definition) is 0. The number of hydrogen-bond acceptors (Lipinski definition) is 6. The molecule has 0 saturated carbocycles. The summed E-state index contributed by atoms with van der Waals surface area (Å²) in [5, 5.41) is 0. The summed E-state index contributed by atoms with van der Waals surface area (Å²) in [6, 6.07) is 0.357. The van der Waals surface area contributed by atoms with Crippen LogP contribution >= 0.6 is 0 Å². The first kappa shape index (κ1) is 15.7. The summed E-state index contributed by atoms with van der Waals surface area (Å²) in [6.45, 7) is 9.39. The van der Waals surface area contributed by atoms with Crippen molar-refractivity contribution >= 4 is 12.6 Å². The molecule has 0 aromatic carbocycles. The summed E-state index contributed by atoms with van der Waals surface area (Å²) in [4.78, 5) is 8.46. The van der Waals surface area contributed by atoms with Gasteiger partial charge in [-0.3, -0.25) is 0 Å². The van der Waals surface area contributed by atoms with Gasteiger partial charge in [0.05, 0.1) is 17.3 Å². The number of nitrogens with zero attached hydrogens (tertiary/aromatic N) is 2. The maximum atomic E-state index is 5.97. The van der Waals surface area contributed by atoms with E-state index in [0.29, 0.717) is 12.6 Å². The Labute approximate surface area is 131 Å². The van der Waals surface area contributed by atoms with Gasteiger partial charge < -0.3 is 18.8 Å². The predicted octanol–water partition coefficient (Wildman–Crippen LogP) is 1.33. The smallest absolute Gasteiger partial charge is 0.461 e. The van der Waals surface area contributed by atoms with Crippen LogP contribution < -0.4 is 10.2 Å². The zero-order valence-electron chi connectivity index (χ0n) is 13.7. The Morgan fingerprint density at radius 3 is 2.36 bits per heavy atom. The van der Waals surface area contributed by atoms with E-state index < -0.39 is 7.12 Å². The monoisotopic (exact) mass is 306 g/mol. The highest BCUT2D eigenvalue weighted by Crippen LogP contribution is 2.36. The highest BCUT2D eigenvalue weighted by molar-refractivity contribution is 6.61. The molecule has 120 valence electrons. The van der Waals surface area contributed by atoms with Crippen molar-refractivity contribution in [3.8, 4) is 6.01 Å².